The van der Waals surface area contributed by atoms with Crippen LogP contribution in [0.2, 0.25) is 0 Å². The van der Waals surface area contributed by atoms with E-state index >= 15 is 0 Å². The van der Waals surface area contributed by atoms with Crippen LogP contribution >= 0.6 is 0 Å². The highest BCUT2D eigenvalue weighted by Crippen LogP contribution is 2.34. The average Bonchev–Trinajstić information content (AvgIpc) is 3.16. The van der Waals surface area contributed by atoms with Crippen LogP contribution in [0.4, 0.5) is 4.79 Å². The highest BCUT2D eigenvalue weighted by atomic mass is 16.3. The molecule has 1 aromatic rings. The standard InChI is InChI=1S/C16H24N2O2/c1-2-6-13-10-15(13)18-16(20)17-11-14(19)9-12-7-4-3-5-8-12/h3-5,7-8,13-15,19H,2,6,9-11H2,1H3,(H2,17,18,20). The minimum Gasteiger partial charge on any atom is -0.391 e. The summed E-state index contributed by atoms with van der Waals surface area (Å²) in [6, 6.07) is 9.96. The van der Waals surface area contributed by atoms with Crippen molar-refractivity contribution in [3.05, 3.63) is 35.9 Å². The molecule has 0 heterocycles. The molecule has 20 heavy (non-hydrogen) atoms. The van der Waals surface area contributed by atoms with Gasteiger partial charge in [-0.25, -0.2) is 4.79 Å². The van der Waals surface area contributed by atoms with E-state index in [9.17, 15) is 9.90 Å². The molecule has 3 atom stereocenters. The van der Waals surface area contributed by atoms with Gasteiger partial charge in [-0.2, -0.15) is 0 Å². The fourth-order valence-electron chi connectivity index (χ4n) is 2.50. The summed E-state index contributed by atoms with van der Waals surface area (Å²) in [7, 11) is 0. The minimum atomic E-state index is -0.547. The van der Waals surface area contributed by atoms with Crippen molar-refractivity contribution in [3.63, 3.8) is 0 Å². The predicted molar refractivity (Wildman–Crippen MR) is 79.5 cm³/mol. The van der Waals surface area contributed by atoms with Crippen molar-refractivity contribution in [2.75, 3.05) is 6.54 Å². The smallest absolute Gasteiger partial charge is 0.315 e. The van der Waals surface area contributed by atoms with Crippen molar-refractivity contribution < 1.29 is 9.90 Å². The monoisotopic (exact) mass is 276 g/mol. The van der Waals surface area contributed by atoms with Crippen LogP contribution in [-0.2, 0) is 6.42 Å². The number of carbonyl (C=O) groups excluding carboxylic acids is 1. The zero-order chi connectivity index (χ0) is 14.4. The largest absolute Gasteiger partial charge is 0.391 e. The van der Waals surface area contributed by atoms with Crippen LogP contribution in [0.15, 0.2) is 30.3 Å². The Hall–Kier alpha value is -1.55. The molecule has 0 saturated heterocycles. The van der Waals surface area contributed by atoms with Gasteiger partial charge in [0.15, 0.2) is 0 Å². The summed E-state index contributed by atoms with van der Waals surface area (Å²) in [6.07, 6.45) is 3.45. The summed E-state index contributed by atoms with van der Waals surface area (Å²) in [5.41, 5.74) is 1.08. The second-order valence-corrected chi connectivity index (χ2v) is 5.59. The van der Waals surface area contributed by atoms with Crippen LogP contribution in [-0.4, -0.2) is 29.8 Å². The zero-order valence-electron chi connectivity index (χ0n) is 12.0. The van der Waals surface area contributed by atoms with Crippen molar-refractivity contribution in [2.45, 2.75) is 44.8 Å². The van der Waals surface area contributed by atoms with E-state index < -0.39 is 6.10 Å². The zero-order valence-corrected chi connectivity index (χ0v) is 12.0. The van der Waals surface area contributed by atoms with Crippen molar-refractivity contribution in [1.82, 2.24) is 10.6 Å². The highest BCUT2D eigenvalue weighted by molar-refractivity contribution is 5.74. The van der Waals surface area contributed by atoms with Crippen LogP contribution in [0.1, 0.15) is 31.7 Å². The number of rotatable bonds is 7. The number of benzene rings is 1. The predicted octanol–water partition coefficient (Wildman–Crippen LogP) is 2.08. The Morgan fingerprint density at radius 3 is 2.85 bits per heavy atom. The summed E-state index contributed by atoms with van der Waals surface area (Å²) < 4.78 is 0. The quantitative estimate of drug-likeness (QED) is 0.714. The SMILES string of the molecule is CCCC1CC1NC(=O)NCC(O)Cc1ccccc1. The summed E-state index contributed by atoms with van der Waals surface area (Å²) in [5.74, 6) is 0.653. The lowest BCUT2D eigenvalue weighted by molar-refractivity contribution is 0.170. The third-order valence-corrected chi connectivity index (χ3v) is 3.71. The molecular weight excluding hydrogens is 252 g/mol. The summed E-state index contributed by atoms with van der Waals surface area (Å²) >= 11 is 0. The number of urea groups is 1. The van der Waals surface area contributed by atoms with Crippen LogP contribution in [0, 0.1) is 5.92 Å². The molecule has 1 aromatic carbocycles. The van der Waals surface area contributed by atoms with Crippen LogP contribution in [0.3, 0.4) is 0 Å². The first kappa shape index (κ1) is 14.9. The molecule has 3 N–H and O–H groups in total. The lowest BCUT2D eigenvalue weighted by atomic mass is 10.1. The van der Waals surface area contributed by atoms with E-state index in [1.807, 2.05) is 30.3 Å². The number of amides is 2. The molecule has 1 saturated carbocycles. The molecule has 0 bridgehead atoms. The highest BCUT2D eigenvalue weighted by Gasteiger charge is 2.37. The lowest BCUT2D eigenvalue weighted by Crippen LogP contribution is -2.41. The third kappa shape index (κ3) is 4.85. The Morgan fingerprint density at radius 2 is 2.15 bits per heavy atom. The molecule has 3 unspecified atom stereocenters. The van der Waals surface area contributed by atoms with Crippen molar-refractivity contribution in [2.24, 2.45) is 5.92 Å². The number of aliphatic hydroxyl groups excluding tert-OH is 1. The van der Waals surface area contributed by atoms with Gasteiger partial charge in [0.1, 0.15) is 0 Å². The number of aliphatic hydroxyl groups is 1. The van der Waals surface area contributed by atoms with Gasteiger partial charge in [-0.3, -0.25) is 0 Å². The molecule has 110 valence electrons. The number of carbonyl (C=O) groups is 1. The van der Waals surface area contributed by atoms with Gasteiger partial charge in [-0.05, 0) is 24.3 Å². The van der Waals surface area contributed by atoms with Gasteiger partial charge in [-0.1, -0.05) is 43.7 Å². The second-order valence-electron chi connectivity index (χ2n) is 5.59. The van der Waals surface area contributed by atoms with Gasteiger partial charge in [0, 0.05) is 19.0 Å². The van der Waals surface area contributed by atoms with E-state index in [-0.39, 0.29) is 12.6 Å². The third-order valence-electron chi connectivity index (χ3n) is 3.71. The maximum Gasteiger partial charge on any atom is 0.315 e. The fourth-order valence-corrected chi connectivity index (χ4v) is 2.50. The maximum atomic E-state index is 11.7. The molecular formula is C16H24N2O2. The maximum absolute atomic E-state index is 11.7. The van der Waals surface area contributed by atoms with E-state index in [0.717, 1.165) is 12.0 Å². The summed E-state index contributed by atoms with van der Waals surface area (Å²) in [4.78, 5) is 11.7. The van der Waals surface area contributed by atoms with Crippen molar-refractivity contribution >= 4 is 6.03 Å². The molecule has 1 fully saturated rings. The van der Waals surface area contributed by atoms with Crippen LogP contribution in [0.25, 0.3) is 0 Å². The molecule has 0 aliphatic heterocycles. The van der Waals surface area contributed by atoms with E-state index in [2.05, 4.69) is 17.6 Å². The van der Waals surface area contributed by atoms with E-state index in [4.69, 9.17) is 0 Å². The first-order chi connectivity index (χ1) is 9.69. The molecule has 2 rings (SSSR count). The number of nitrogens with one attached hydrogen (secondary N) is 2. The Morgan fingerprint density at radius 1 is 1.40 bits per heavy atom. The van der Waals surface area contributed by atoms with Gasteiger partial charge in [0.05, 0.1) is 6.10 Å². The summed E-state index contributed by atoms with van der Waals surface area (Å²) in [5, 5.41) is 15.6. The van der Waals surface area contributed by atoms with Gasteiger partial charge >= 0.3 is 6.03 Å². The Kier molecular flexibility index (Phi) is 5.41. The first-order valence-electron chi connectivity index (χ1n) is 7.45. The molecule has 1 aliphatic carbocycles. The molecule has 0 spiro atoms. The van der Waals surface area contributed by atoms with E-state index in [1.54, 1.807) is 0 Å². The molecule has 0 radical (unpaired) electrons. The van der Waals surface area contributed by atoms with Gasteiger partial charge in [0.2, 0.25) is 0 Å². The minimum absolute atomic E-state index is 0.166. The van der Waals surface area contributed by atoms with Crippen molar-refractivity contribution in [3.8, 4) is 0 Å². The van der Waals surface area contributed by atoms with Crippen LogP contribution < -0.4 is 10.6 Å². The fraction of sp³-hybridized carbons (Fsp3) is 0.562. The van der Waals surface area contributed by atoms with Crippen LogP contribution in [0.5, 0.6) is 0 Å². The Balaban J connectivity index is 1.61. The molecule has 4 heteroatoms. The van der Waals surface area contributed by atoms with E-state index in [1.165, 1.54) is 12.8 Å². The lowest BCUT2D eigenvalue weighted by Gasteiger charge is -2.12. The molecule has 4 nitrogen and oxygen atoms in total. The molecule has 0 aromatic heterocycles. The topological polar surface area (TPSA) is 61.4 Å². The second kappa shape index (κ2) is 7.29. The normalized spacial score (nSPS) is 22.1. The average molecular weight is 276 g/mol. The Labute approximate surface area is 120 Å². The number of hydrogen-bond acceptors (Lipinski definition) is 2. The van der Waals surface area contributed by atoms with Gasteiger partial charge in [0.25, 0.3) is 0 Å². The molecule has 1 aliphatic rings. The number of hydrogen-bond donors (Lipinski definition) is 3. The first-order valence-corrected chi connectivity index (χ1v) is 7.45. The van der Waals surface area contributed by atoms with Gasteiger partial charge in [-0.15, -0.1) is 0 Å². The summed E-state index contributed by atoms with van der Waals surface area (Å²) in [6.45, 7) is 2.45. The van der Waals surface area contributed by atoms with Crippen molar-refractivity contribution in [1.29, 1.82) is 0 Å². The Bertz CT molecular complexity index is 422. The van der Waals surface area contributed by atoms with E-state index in [0.29, 0.717) is 18.4 Å². The molecule has 2 amide bonds. The van der Waals surface area contributed by atoms with Gasteiger partial charge < -0.3 is 15.7 Å².